The second-order valence-corrected chi connectivity index (χ2v) is 6.25. The molecule has 2 aromatic carbocycles. The van der Waals surface area contributed by atoms with E-state index in [1.165, 1.54) is 18.5 Å². The quantitative estimate of drug-likeness (QED) is 0.680. The molecular formula is C21H21FN4O. The molecule has 0 radical (unpaired) electrons. The van der Waals surface area contributed by atoms with Crippen LogP contribution < -0.4 is 10.6 Å². The number of nitrogens with one attached hydrogen (secondary N) is 2. The van der Waals surface area contributed by atoms with E-state index in [2.05, 4.69) is 20.6 Å². The van der Waals surface area contributed by atoms with Crippen molar-refractivity contribution < 1.29 is 9.18 Å². The van der Waals surface area contributed by atoms with Crippen LogP contribution in [-0.2, 0) is 17.6 Å². The van der Waals surface area contributed by atoms with Crippen LogP contribution in [0.25, 0.3) is 0 Å². The van der Waals surface area contributed by atoms with Crippen LogP contribution in [0.1, 0.15) is 23.7 Å². The van der Waals surface area contributed by atoms with Crippen molar-refractivity contribution >= 4 is 23.1 Å². The smallest absolute Gasteiger partial charge is 0.228 e. The molecule has 6 heteroatoms. The van der Waals surface area contributed by atoms with Crippen molar-refractivity contribution in [3.05, 3.63) is 77.5 Å². The first-order valence-electron chi connectivity index (χ1n) is 8.76. The average Bonchev–Trinajstić information content (AvgIpc) is 2.64. The molecule has 3 rings (SSSR count). The number of hydrogen-bond acceptors (Lipinski definition) is 4. The zero-order valence-electron chi connectivity index (χ0n) is 15.3. The predicted octanol–water partition coefficient (Wildman–Crippen LogP) is 4.41. The molecule has 0 spiro atoms. The molecule has 0 atom stereocenters. The van der Waals surface area contributed by atoms with Crippen LogP contribution in [0.5, 0.6) is 0 Å². The molecule has 5 nitrogen and oxygen atoms in total. The number of halogens is 1. The van der Waals surface area contributed by atoms with Gasteiger partial charge in [0.05, 0.1) is 6.42 Å². The first-order chi connectivity index (χ1) is 13.0. The molecule has 0 unspecified atom stereocenters. The molecule has 27 heavy (non-hydrogen) atoms. The number of rotatable bonds is 6. The van der Waals surface area contributed by atoms with Crippen molar-refractivity contribution in [3.63, 3.8) is 0 Å². The standard InChI is InChI=1S/C21H21FN4O/c1-3-16-6-9-18(25-20-10-14(2)23-13-24-20)12-19(16)26-21(27)11-15-4-7-17(22)8-5-15/h4-10,12-13H,3,11H2,1-2H3,(H,26,27)(H,23,24,25). The van der Waals surface area contributed by atoms with Gasteiger partial charge in [-0.25, -0.2) is 14.4 Å². The lowest BCUT2D eigenvalue weighted by Gasteiger charge is -2.13. The van der Waals surface area contributed by atoms with Crippen LogP contribution in [0.15, 0.2) is 54.9 Å². The summed E-state index contributed by atoms with van der Waals surface area (Å²) in [5, 5.41) is 6.18. The van der Waals surface area contributed by atoms with E-state index >= 15 is 0 Å². The lowest BCUT2D eigenvalue weighted by molar-refractivity contribution is -0.115. The zero-order valence-corrected chi connectivity index (χ0v) is 15.3. The van der Waals surface area contributed by atoms with Gasteiger partial charge in [0.25, 0.3) is 0 Å². The number of aryl methyl sites for hydroxylation is 2. The molecular weight excluding hydrogens is 343 g/mol. The Hall–Kier alpha value is -3.28. The number of benzene rings is 2. The summed E-state index contributed by atoms with van der Waals surface area (Å²) in [6.07, 6.45) is 2.48. The molecule has 1 aromatic heterocycles. The lowest BCUT2D eigenvalue weighted by atomic mass is 10.1. The largest absolute Gasteiger partial charge is 0.340 e. The Morgan fingerprint density at radius 2 is 1.85 bits per heavy atom. The first kappa shape index (κ1) is 18.5. The van der Waals surface area contributed by atoms with E-state index in [1.807, 2.05) is 38.1 Å². The molecule has 1 heterocycles. The summed E-state index contributed by atoms with van der Waals surface area (Å²) in [4.78, 5) is 20.7. The van der Waals surface area contributed by atoms with Crippen molar-refractivity contribution in [2.24, 2.45) is 0 Å². The Morgan fingerprint density at radius 3 is 2.56 bits per heavy atom. The summed E-state index contributed by atoms with van der Waals surface area (Å²) >= 11 is 0. The second kappa shape index (κ2) is 8.40. The molecule has 0 saturated heterocycles. The van der Waals surface area contributed by atoms with Gasteiger partial charge < -0.3 is 10.6 Å². The first-order valence-corrected chi connectivity index (χ1v) is 8.76. The average molecular weight is 364 g/mol. The minimum atomic E-state index is -0.314. The monoisotopic (exact) mass is 364 g/mol. The van der Waals surface area contributed by atoms with Crippen LogP contribution in [0.2, 0.25) is 0 Å². The summed E-state index contributed by atoms with van der Waals surface area (Å²) in [5.41, 5.74) is 4.23. The van der Waals surface area contributed by atoms with E-state index in [1.54, 1.807) is 12.1 Å². The number of aromatic nitrogens is 2. The fourth-order valence-electron chi connectivity index (χ4n) is 2.73. The topological polar surface area (TPSA) is 66.9 Å². The van der Waals surface area contributed by atoms with E-state index in [0.717, 1.165) is 34.6 Å². The van der Waals surface area contributed by atoms with Crippen molar-refractivity contribution in [2.75, 3.05) is 10.6 Å². The van der Waals surface area contributed by atoms with Crippen molar-refractivity contribution in [2.45, 2.75) is 26.7 Å². The Balaban J connectivity index is 1.74. The normalized spacial score (nSPS) is 10.5. The molecule has 138 valence electrons. The minimum absolute atomic E-state index is 0.147. The van der Waals surface area contributed by atoms with Crippen LogP contribution in [0.4, 0.5) is 21.6 Å². The summed E-state index contributed by atoms with van der Waals surface area (Å²) in [5.74, 6) is 0.229. The van der Waals surface area contributed by atoms with Crippen LogP contribution in [0, 0.1) is 12.7 Å². The van der Waals surface area contributed by atoms with Gasteiger partial charge in [0.15, 0.2) is 0 Å². The van der Waals surface area contributed by atoms with E-state index in [4.69, 9.17) is 0 Å². The Kier molecular flexibility index (Phi) is 5.76. The maximum absolute atomic E-state index is 13.0. The number of hydrogen-bond donors (Lipinski definition) is 2. The third-order valence-electron chi connectivity index (χ3n) is 4.12. The van der Waals surface area contributed by atoms with Gasteiger partial charge in [-0.2, -0.15) is 0 Å². The summed E-state index contributed by atoms with van der Waals surface area (Å²) < 4.78 is 13.0. The van der Waals surface area contributed by atoms with Crippen molar-refractivity contribution in [1.82, 2.24) is 9.97 Å². The summed E-state index contributed by atoms with van der Waals surface area (Å²) in [7, 11) is 0. The van der Waals surface area contributed by atoms with Crippen molar-refractivity contribution in [3.8, 4) is 0 Å². The van der Waals surface area contributed by atoms with E-state index in [-0.39, 0.29) is 18.1 Å². The maximum atomic E-state index is 13.0. The van der Waals surface area contributed by atoms with Gasteiger partial charge in [-0.05, 0) is 48.7 Å². The highest BCUT2D eigenvalue weighted by Crippen LogP contribution is 2.24. The van der Waals surface area contributed by atoms with Gasteiger partial charge in [0.2, 0.25) is 5.91 Å². The van der Waals surface area contributed by atoms with E-state index in [0.29, 0.717) is 5.82 Å². The number of amides is 1. The van der Waals surface area contributed by atoms with Crippen LogP contribution >= 0.6 is 0 Å². The zero-order chi connectivity index (χ0) is 19.2. The maximum Gasteiger partial charge on any atom is 0.228 e. The molecule has 0 bridgehead atoms. The van der Waals surface area contributed by atoms with Gasteiger partial charge in [0.1, 0.15) is 18.0 Å². The molecule has 1 amide bonds. The molecule has 0 fully saturated rings. The Labute approximate surface area is 157 Å². The van der Waals surface area contributed by atoms with Gasteiger partial charge in [0, 0.05) is 23.1 Å². The Morgan fingerprint density at radius 1 is 1.07 bits per heavy atom. The third kappa shape index (κ3) is 5.10. The highest BCUT2D eigenvalue weighted by atomic mass is 19.1. The van der Waals surface area contributed by atoms with Gasteiger partial charge in [-0.3, -0.25) is 4.79 Å². The number of nitrogens with zero attached hydrogens (tertiary/aromatic N) is 2. The molecule has 2 N–H and O–H groups in total. The Bertz CT molecular complexity index is 941. The van der Waals surface area contributed by atoms with Crippen LogP contribution in [0.3, 0.4) is 0 Å². The van der Waals surface area contributed by atoms with Gasteiger partial charge in [-0.1, -0.05) is 25.1 Å². The number of carbonyl (C=O) groups is 1. The van der Waals surface area contributed by atoms with E-state index < -0.39 is 0 Å². The fourth-order valence-corrected chi connectivity index (χ4v) is 2.73. The molecule has 0 aliphatic rings. The predicted molar refractivity (Wildman–Crippen MR) is 105 cm³/mol. The highest BCUT2D eigenvalue weighted by molar-refractivity contribution is 5.93. The molecule has 3 aromatic rings. The van der Waals surface area contributed by atoms with Gasteiger partial charge >= 0.3 is 0 Å². The summed E-state index contributed by atoms with van der Waals surface area (Å²) in [6, 6.07) is 13.6. The highest BCUT2D eigenvalue weighted by Gasteiger charge is 2.09. The molecule has 0 saturated carbocycles. The lowest BCUT2D eigenvalue weighted by Crippen LogP contribution is -2.15. The van der Waals surface area contributed by atoms with Crippen molar-refractivity contribution in [1.29, 1.82) is 0 Å². The van der Waals surface area contributed by atoms with Crippen LogP contribution in [-0.4, -0.2) is 15.9 Å². The summed E-state index contributed by atoms with van der Waals surface area (Å²) in [6.45, 7) is 3.93. The molecule has 0 aliphatic heterocycles. The SMILES string of the molecule is CCc1ccc(Nc2cc(C)ncn2)cc1NC(=O)Cc1ccc(F)cc1. The third-order valence-corrected chi connectivity index (χ3v) is 4.12. The van der Waals surface area contributed by atoms with E-state index in [9.17, 15) is 9.18 Å². The molecule has 0 aliphatic carbocycles. The fraction of sp³-hybridized carbons (Fsp3) is 0.190. The minimum Gasteiger partial charge on any atom is -0.340 e. The number of anilines is 3. The second-order valence-electron chi connectivity index (χ2n) is 6.25. The van der Waals surface area contributed by atoms with Gasteiger partial charge in [-0.15, -0.1) is 0 Å². The number of carbonyl (C=O) groups excluding carboxylic acids is 1.